The molecule has 6 nitrogen and oxygen atoms in total. The molecule has 1 aromatic rings. The topological polar surface area (TPSA) is 51.2 Å². The van der Waals surface area contributed by atoms with E-state index in [0.717, 1.165) is 43.9 Å². The Balaban J connectivity index is 1.55. The van der Waals surface area contributed by atoms with Crippen LogP contribution >= 0.6 is 0 Å². The Hall–Kier alpha value is -1.95. The van der Waals surface area contributed by atoms with E-state index in [0.29, 0.717) is 13.1 Å². The van der Waals surface area contributed by atoms with Gasteiger partial charge in [0.1, 0.15) is 11.4 Å². The smallest absolute Gasteiger partial charge is 0.410 e. The van der Waals surface area contributed by atoms with Crippen LogP contribution in [0, 0.1) is 0 Å². The Labute approximate surface area is 162 Å². The van der Waals surface area contributed by atoms with E-state index in [1.807, 2.05) is 32.9 Å². The molecule has 1 amide bonds. The maximum absolute atomic E-state index is 12.3. The van der Waals surface area contributed by atoms with E-state index < -0.39 is 5.60 Å². The maximum Gasteiger partial charge on any atom is 0.410 e. The summed E-state index contributed by atoms with van der Waals surface area (Å²) >= 11 is 0. The first-order chi connectivity index (χ1) is 12.8. The van der Waals surface area contributed by atoms with Crippen molar-refractivity contribution in [1.29, 1.82) is 0 Å². The minimum absolute atomic E-state index is 0.124. The third kappa shape index (κ3) is 5.51. The lowest BCUT2D eigenvalue weighted by atomic mass is 10.1. The summed E-state index contributed by atoms with van der Waals surface area (Å²) in [6, 6.07) is 8.38. The van der Waals surface area contributed by atoms with Gasteiger partial charge in [-0.15, -0.1) is 0 Å². The zero-order valence-electron chi connectivity index (χ0n) is 16.9. The average Bonchev–Trinajstić information content (AvgIpc) is 2.62. The fraction of sp³-hybridized carbons (Fsp3) is 0.667. The monoisotopic (exact) mass is 376 g/mol. The number of ether oxygens (including phenoxy) is 3. The predicted molar refractivity (Wildman–Crippen MR) is 105 cm³/mol. The van der Waals surface area contributed by atoms with Crippen LogP contribution in [0.25, 0.3) is 0 Å². The van der Waals surface area contributed by atoms with E-state index in [1.54, 1.807) is 4.90 Å². The van der Waals surface area contributed by atoms with E-state index in [4.69, 9.17) is 14.2 Å². The number of anilines is 1. The Morgan fingerprint density at radius 1 is 1.15 bits per heavy atom. The van der Waals surface area contributed by atoms with Crippen LogP contribution in [-0.4, -0.2) is 55.2 Å². The van der Waals surface area contributed by atoms with Gasteiger partial charge < -0.3 is 24.0 Å². The Morgan fingerprint density at radius 3 is 2.48 bits per heavy atom. The molecule has 6 heteroatoms. The van der Waals surface area contributed by atoms with Crippen LogP contribution in [-0.2, 0) is 9.47 Å². The molecule has 2 atom stereocenters. The first kappa shape index (κ1) is 19.8. The van der Waals surface area contributed by atoms with Gasteiger partial charge in [-0.05, 0) is 64.8 Å². The van der Waals surface area contributed by atoms with Crippen molar-refractivity contribution >= 4 is 11.8 Å². The molecular formula is C21H32N2O4. The summed E-state index contributed by atoms with van der Waals surface area (Å²) in [5.41, 5.74) is 0.679. The van der Waals surface area contributed by atoms with Gasteiger partial charge in [-0.1, -0.05) is 0 Å². The molecule has 2 heterocycles. The summed E-state index contributed by atoms with van der Waals surface area (Å²) in [6.07, 6.45) is 2.87. The zero-order chi connectivity index (χ0) is 19.4. The van der Waals surface area contributed by atoms with Gasteiger partial charge in [-0.2, -0.15) is 0 Å². The quantitative estimate of drug-likeness (QED) is 0.797. The molecule has 150 valence electrons. The second-order valence-electron chi connectivity index (χ2n) is 8.38. The minimum Gasteiger partial charge on any atom is -0.465 e. The van der Waals surface area contributed by atoms with Crippen LogP contribution in [0.15, 0.2) is 24.3 Å². The third-order valence-corrected chi connectivity index (χ3v) is 4.85. The lowest BCUT2D eigenvalue weighted by Crippen LogP contribution is -2.54. The summed E-state index contributed by atoms with van der Waals surface area (Å²) < 4.78 is 17.0. The van der Waals surface area contributed by atoms with Crippen molar-refractivity contribution in [1.82, 2.24) is 4.90 Å². The molecule has 3 rings (SSSR count). The molecule has 0 saturated carbocycles. The van der Waals surface area contributed by atoms with Crippen LogP contribution < -0.4 is 9.64 Å². The summed E-state index contributed by atoms with van der Waals surface area (Å²) in [5, 5.41) is 0. The second kappa shape index (κ2) is 8.38. The van der Waals surface area contributed by atoms with E-state index in [-0.39, 0.29) is 18.4 Å². The van der Waals surface area contributed by atoms with Gasteiger partial charge in [0.2, 0.25) is 0 Å². The van der Waals surface area contributed by atoms with Crippen LogP contribution in [0.4, 0.5) is 10.5 Å². The van der Waals surface area contributed by atoms with Crippen molar-refractivity contribution in [3.8, 4) is 5.75 Å². The van der Waals surface area contributed by atoms with E-state index in [1.165, 1.54) is 0 Å². The summed E-state index contributed by atoms with van der Waals surface area (Å²) in [6.45, 7) is 10.7. The molecule has 2 aliphatic heterocycles. The SMILES string of the molecule is CC1CN(C(=O)OC(C)(C)C)CCN1c1ccc(OC2CCCCO2)cc1. The zero-order valence-corrected chi connectivity index (χ0v) is 16.9. The minimum atomic E-state index is -0.463. The molecule has 2 fully saturated rings. The van der Waals surface area contributed by atoms with Gasteiger partial charge in [-0.25, -0.2) is 4.79 Å². The molecule has 2 unspecified atom stereocenters. The highest BCUT2D eigenvalue weighted by molar-refractivity contribution is 5.69. The first-order valence-electron chi connectivity index (χ1n) is 9.95. The second-order valence-corrected chi connectivity index (χ2v) is 8.38. The van der Waals surface area contributed by atoms with E-state index in [9.17, 15) is 4.79 Å². The number of amides is 1. The van der Waals surface area contributed by atoms with Gasteiger partial charge >= 0.3 is 6.09 Å². The molecule has 0 N–H and O–H groups in total. The van der Waals surface area contributed by atoms with E-state index >= 15 is 0 Å². The van der Waals surface area contributed by atoms with Gasteiger partial charge in [0.25, 0.3) is 0 Å². The van der Waals surface area contributed by atoms with E-state index in [2.05, 4.69) is 24.0 Å². The first-order valence-corrected chi connectivity index (χ1v) is 9.95. The lowest BCUT2D eigenvalue weighted by Gasteiger charge is -2.41. The lowest BCUT2D eigenvalue weighted by molar-refractivity contribution is -0.105. The van der Waals surface area contributed by atoms with Crippen molar-refractivity contribution in [3.05, 3.63) is 24.3 Å². The molecule has 2 aliphatic rings. The van der Waals surface area contributed by atoms with Crippen LogP contribution in [0.2, 0.25) is 0 Å². The van der Waals surface area contributed by atoms with Gasteiger partial charge in [0.05, 0.1) is 6.61 Å². The average molecular weight is 376 g/mol. The summed E-state index contributed by atoms with van der Waals surface area (Å²) in [7, 11) is 0. The van der Waals surface area contributed by atoms with Gasteiger partial charge in [0.15, 0.2) is 6.29 Å². The molecule has 1 aromatic carbocycles. The molecule has 0 aromatic heterocycles. The predicted octanol–water partition coefficient (Wildman–Crippen LogP) is 4.04. The normalized spacial score (nSPS) is 23.9. The third-order valence-electron chi connectivity index (χ3n) is 4.85. The number of piperazine rings is 1. The molecule has 0 spiro atoms. The standard InChI is InChI=1S/C21H32N2O4/c1-16-15-22(20(24)27-21(2,3)4)12-13-23(16)17-8-10-18(11-9-17)26-19-7-5-6-14-25-19/h8-11,16,19H,5-7,12-15H2,1-4H3. The number of rotatable bonds is 3. The van der Waals surface area contributed by atoms with Crippen molar-refractivity contribution in [3.63, 3.8) is 0 Å². The molecule has 0 bridgehead atoms. The molecule has 2 saturated heterocycles. The van der Waals surface area contributed by atoms with Crippen LogP contribution in [0.1, 0.15) is 47.0 Å². The van der Waals surface area contributed by atoms with Crippen molar-refractivity contribution in [2.75, 3.05) is 31.1 Å². The van der Waals surface area contributed by atoms with Crippen molar-refractivity contribution < 1.29 is 19.0 Å². The number of carbonyl (C=O) groups excluding carboxylic acids is 1. The molecule has 0 aliphatic carbocycles. The van der Waals surface area contributed by atoms with Crippen molar-refractivity contribution in [2.45, 2.75) is 64.9 Å². The van der Waals surface area contributed by atoms with Gasteiger partial charge in [-0.3, -0.25) is 0 Å². The summed E-state index contributed by atoms with van der Waals surface area (Å²) in [5.74, 6) is 0.839. The molecule has 27 heavy (non-hydrogen) atoms. The Kier molecular flexibility index (Phi) is 6.15. The largest absolute Gasteiger partial charge is 0.465 e. The summed E-state index contributed by atoms with van der Waals surface area (Å²) in [4.78, 5) is 16.4. The number of carbonyl (C=O) groups is 1. The number of nitrogens with zero attached hydrogens (tertiary/aromatic N) is 2. The Bertz CT molecular complexity index is 620. The number of hydrogen-bond acceptors (Lipinski definition) is 5. The fourth-order valence-corrected chi connectivity index (χ4v) is 3.51. The number of benzene rings is 1. The fourth-order valence-electron chi connectivity index (χ4n) is 3.51. The molecule has 0 radical (unpaired) electrons. The Morgan fingerprint density at radius 2 is 1.89 bits per heavy atom. The highest BCUT2D eigenvalue weighted by Gasteiger charge is 2.30. The highest BCUT2D eigenvalue weighted by atomic mass is 16.7. The number of hydrogen-bond donors (Lipinski definition) is 0. The van der Waals surface area contributed by atoms with Crippen LogP contribution in [0.5, 0.6) is 5.75 Å². The van der Waals surface area contributed by atoms with Crippen LogP contribution in [0.3, 0.4) is 0 Å². The van der Waals surface area contributed by atoms with Crippen molar-refractivity contribution in [2.24, 2.45) is 0 Å². The van der Waals surface area contributed by atoms with Gasteiger partial charge in [0, 0.05) is 37.8 Å². The molecular weight excluding hydrogens is 344 g/mol. The highest BCUT2D eigenvalue weighted by Crippen LogP contribution is 2.26. The maximum atomic E-state index is 12.3.